The first-order chi connectivity index (χ1) is 8.60. The molecule has 0 spiro atoms. The summed E-state index contributed by atoms with van der Waals surface area (Å²) in [5.74, 6) is 1.09. The molecule has 0 amide bonds. The molecule has 4 nitrogen and oxygen atoms in total. The second-order valence-corrected chi connectivity index (χ2v) is 4.35. The van der Waals surface area contributed by atoms with Crippen LogP contribution < -0.4 is 10.1 Å². The van der Waals surface area contributed by atoms with Crippen molar-refractivity contribution in [2.45, 2.75) is 20.0 Å². The predicted octanol–water partition coefficient (Wildman–Crippen LogP) is 2.62. The second kappa shape index (κ2) is 5.23. The van der Waals surface area contributed by atoms with Crippen molar-refractivity contribution >= 4 is 16.8 Å². The maximum absolute atomic E-state index is 11.2. The summed E-state index contributed by atoms with van der Waals surface area (Å²) < 4.78 is 11.2. The Bertz CT molecular complexity index is 559. The molecule has 0 bridgehead atoms. The molecule has 0 saturated carbocycles. The molecule has 0 radical (unpaired) electrons. The first kappa shape index (κ1) is 12.6. The Balaban J connectivity index is 2.24. The van der Waals surface area contributed by atoms with Gasteiger partial charge in [0.1, 0.15) is 17.4 Å². The van der Waals surface area contributed by atoms with Gasteiger partial charge in [0, 0.05) is 18.9 Å². The van der Waals surface area contributed by atoms with Crippen molar-refractivity contribution in [1.29, 1.82) is 0 Å². The average molecular weight is 247 g/mol. The van der Waals surface area contributed by atoms with Gasteiger partial charge in [-0.2, -0.15) is 0 Å². The quantitative estimate of drug-likeness (QED) is 0.825. The van der Waals surface area contributed by atoms with E-state index in [1.165, 1.54) is 6.92 Å². The van der Waals surface area contributed by atoms with Crippen LogP contribution in [0.1, 0.15) is 24.4 Å². The molecule has 1 N–H and O–H groups in total. The number of likely N-dealkylation sites (N-methyl/N-ethyl adjacent to an activating group) is 1. The second-order valence-electron chi connectivity index (χ2n) is 4.35. The van der Waals surface area contributed by atoms with Crippen LogP contribution in [0.4, 0.5) is 0 Å². The van der Waals surface area contributed by atoms with Gasteiger partial charge < -0.3 is 14.5 Å². The number of fused-ring (bicyclic) bond motifs is 1. The number of hydrogen-bond acceptors (Lipinski definition) is 4. The number of benzene rings is 1. The van der Waals surface area contributed by atoms with Crippen molar-refractivity contribution in [2.24, 2.45) is 0 Å². The molecule has 0 aliphatic heterocycles. The molecule has 1 aromatic heterocycles. The van der Waals surface area contributed by atoms with Crippen LogP contribution in [0, 0.1) is 0 Å². The lowest BCUT2D eigenvalue weighted by Gasteiger charge is -2.13. The molecule has 2 aromatic rings. The van der Waals surface area contributed by atoms with Crippen LogP contribution in [-0.4, -0.2) is 25.5 Å². The molecule has 4 heteroatoms. The smallest absolute Gasteiger partial charge is 0.194 e. The van der Waals surface area contributed by atoms with Gasteiger partial charge in [0.25, 0.3) is 0 Å². The Labute approximate surface area is 106 Å². The summed E-state index contributed by atoms with van der Waals surface area (Å²) in [7, 11) is 1.89. The lowest BCUT2D eigenvalue weighted by atomic mass is 10.2. The third-order valence-electron chi connectivity index (χ3n) is 2.66. The minimum atomic E-state index is -0.0720. The van der Waals surface area contributed by atoms with Gasteiger partial charge in [-0.1, -0.05) is 0 Å². The van der Waals surface area contributed by atoms with Crippen LogP contribution in [-0.2, 0) is 0 Å². The van der Waals surface area contributed by atoms with Crippen molar-refractivity contribution in [3.8, 4) is 5.75 Å². The fourth-order valence-corrected chi connectivity index (χ4v) is 1.83. The molecular formula is C14H17NO3. The van der Waals surface area contributed by atoms with Gasteiger partial charge in [-0.3, -0.25) is 4.79 Å². The molecule has 1 heterocycles. The monoisotopic (exact) mass is 247 g/mol. The van der Waals surface area contributed by atoms with Crippen molar-refractivity contribution < 1.29 is 13.9 Å². The third-order valence-corrected chi connectivity index (χ3v) is 2.66. The van der Waals surface area contributed by atoms with Gasteiger partial charge in [-0.05, 0) is 38.2 Å². The standard InChI is InChI=1S/C14H17NO3/c1-9(8-15-3)17-12-4-5-13-11(6-12)7-14(18-13)10(2)16/h4-7,9,15H,8H2,1-3H3. The SMILES string of the molecule is CNCC(C)Oc1ccc2oc(C(C)=O)cc2c1. The fourth-order valence-electron chi connectivity index (χ4n) is 1.83. The highest BCUT2D eigenvalue weighted by Gasteiger charge is 2.09. The Kier molecular flexibility index (Phi) is 3.67. The number of nitrogens with one attached hydrogen (secondary N) is 1. The van der Waals surface area contributed by atoms with E-state index in [4.69, 9.17) is 9.15 Å². The molecule has 0 fully saturated rings. The van der Waals surface area contributed by atoms with E-state index in [0.29, 0.717) is 11.3 Å². The van der Waals surface area contributed by atoms with E-state index in [2.05, 4.69) is 5.32 Å². The summed E-state index contributed by atoms with van der Waals surface area (Å²) in [6.45, 7) is 4.27. The van der Waals surface area contributed by atoms with E-state index in [1.54, 1.807) is 6.07 Å². The number of rotatable bonds is 5. The minimum Gasteiger partial charge on any atom is -0.489 e. The van der Waals surface area contributed by atoms with E-state index in [1.807, 2.05) is 32.2 Å². The Morgan fingerprint density at radius 1 is 1.44 bits per heavy atom. The molecule has 18 heavy (non-hydrogen) atoms. The summed E-state index contributed by atoms with van der Waals surface area (Å²) in [6, 6.07) is 7.30. The number of Topliss-reactive ketones (excluding diaryl/α,β-unsaturated/α-hetero) is 1. The van der Waals surface area contributed by atoms with E-state index in [9.17, 15) is 4.79 Å². The summed E-state index contributed by atoms with van der Waals surface area (Å²) in [6.07, 6.45) is 0.0895. The molecule has 0 aliphatic carbocycles. The molecule has 1 atom stereocenters. The zero-order valence-electron chi connectivity index (χ0n) is 10.8. The molecule has 0 aliphatic rings. The van der Waals surface area contributed by atoms with Gasteiger partial charge in [0.2, 0.25) is 0 Å². The van der Waals surface area contributed by atoms with Crippen LogP contribution in [0.5, 0.6) is 5.75 Å². The number of ether oxygens (including phenoxy) is 1. The Morgan fingerprint density at radius 3 is 2.89 bits per heavy atom. The van der Waals surface area contributed by atoms with Gasteiger partial charge >= 0.3 is 0 Å². The van der Waals surface area contributed by atoms with Gasteiger partial charge in [0.15, 0.2) is 11.5 Å². The maximum Gasteiger partial charge on any atom is 0.194 e. The highest BCUT2D eigenvalue weighted by molar-refractivity contribution is 5.96. The molecule has 1 aromatic carbocycles. The molecular weight excluding hydrogens is 230 g/mol. The van der Waals surface area contributed by atoms with Crippen molar-refractivity contribution in [2.75, 3.05) is 13.6 Å². The number of furan rings is 1. The van der Waals surface area contributed by atoms with Crippen molar-refractivity contribution in [3.05, 3.63) is 30.0 Å². The average Bonchev–Trinajstić information content (AvgIpc) is 2.72. The molecule has 2 rings (SSSR count). The topological polar surface area (TPSA) is 51.5 Å². The maximum atomic E-state index is 11.2. The van der Waals surface area contributed by atoms with Gasteiger partial charge in [-0.25, -0.2) is 0 Å². The summed E-state index contributed by atoms with van der Waals surface area (Å²) in [4.78, 5) is 11.2. The van der Waals surface area contributed by atoms with Crippen molar-refractivity contribution in [3.63, 3.8) is 0 Å². The zero-order chi connectivity index (χ0) is 13.1. The van der Waals surface area contributed by atoms with Gasteiger partial charge in [-0.15, -0.1) is 0 Å². The molecule has 1 unspecified atom stereocenters. The van der Waals surface area contributed by atoms with E-state index in [0.717, 1.165) is 17.7 Å². The normalized spacial score (nSPS) is 12.6. The number of ketones is 1. The zero-order valence-corrected chi connectivity index (χ0v) is 10.8. The van der Waals surface area contributed by atoms with E-state index < -0.39 is 0 Å². The lowest BCUT2D eigenvalue weighted by molar-refractivity contribution is 0.0989. The highest BCUT2D eigenvalue weighted by atomic mass is 16.5. The third kappa shape index (κ3) is 2.71. The van der Waals surface area contributed by atoms with Crippen LogP contribution in [0.15, 0.2) is 28.7 Å². The highest BCUT2D eigenvalue weighted by Crippen LogP contribution is 2.25. The Morgan fingerprint density at radius 2 is 2.22 bits per heavy atom. The first-order valence-corrected chi connectivity index (χ1v) is 5.96. The molecule has 0 saturated heterocycles. The predicted molar refractivity (Wildman–Crippen MR) is 70.2 cm³/mol. The van der Waals surface area contributed by atoms with E-state index in [-0.39, 0.29) is 11.9 Å². The molecule has 96 valence electrons. The van der Waals surface area contributed by atoms with E-state index >= 15 is 0 Å². The first-order valence-electron chi connectivity index (χ1n) is 5.96. The lowest BCUT2D eigenvalue weighted by Crippen LogP contribution is -2.25. The van der Waals surface area contributed by atoms with Crippen LogP contribution in [0.25, 0.3) is 11.0 Å². The minimum absolute atomic E-state index is 0.0720. The number of hydrogen-bond donors (Lipinski definition) is 1. The number of carbonyl (C=O) groups is 1. The number of carbonyl (C=O) groups excluding carboxylic acids is 1. The van der Waals surface area contributed by atoms with Crippen LogP contribution in [0.2, 0.25) is 0 Å². The summed E-state index contributed by atoms with van der Waals surface area (Å²) in [5, 5.41) is 3.94. The van der Waals surface area contributed by atoms with Crippen LogP contribution in [0.3, 0.4) is 0 Å². The Hall–Kier alpha value is -1.81. The summed E-state index contributed by atoms with van der Waals surface area (Å²) in [5.41, 5.74) is 0.703. The van der Waals surface area contributed by atoms with Crippen molar-refractivity contribution in [1.82, 2.24) is 5.32 Å². The fraction of sp³-hybridized carbons (Fsp3) is 0.357. The van der Waals surface area contributed by atoms with Crippen LogP contribution >= 0.6 is 0 Å². The largest absolute Gasteiger partial charge is 0.489 e. The van der Waals surface area contributed by atoms with Gasteiger partial charge in [0.05, 0.1) is 0 Å². The summed E-state index contributed by atoms with van der Waals surface area (Å²) >= 11 is 0.